The minimum atomic E-state index is -0.894. The molecule has 3 heteroatoms. The molecule has 0 saturated heterocycles. The van der Waals surface area contributed by atoms with Crippen LogP contribution in [0.25, 0.3) is 0 Å². The van der Waals surface area contributed by atoms with Crippen LogP contribution < -0.4 is 5.73 Å². The first-order chi connectivity index (χ1) is 8.63. The summed E-state index contributed by atoms with van der Waals surface area (Å²) in [6.07, 6.45) is 0. The fourth-order valence-electron chi connectivity index (χ4n) is 1.91. The summed E-state index contributed by atoms with van der Waals surface area (Å²) in [5, 5.41) is 0. The fourth-order valence-corrected chi connectivity index (χ4v) is 3.11. The number of nitrogens with two attached hydrogens (primary N) is 1. The second-order valence-corrected chi connectivity index (χ2v) is 5.92. The molecule has 2 aromatic rings. The van der Waals surface area contributed by atoms with Gasteiger partial charge in [0.15, 0.2) is 0 Å². The molecule has 2 N–H and O–H groups in total. The largest absolute Gasteiger partial charge is 0.399 e. The Bertz CT molecular complexity index is 516. The molecule has 2 rings (SSSR count). The molecule has 1 atom stereocenters. The molecule has 0 heterocycles. The molecule has 0 aliphatic rings. The van der Waals surface area contributed by atoms with Crippen LogP contribution in [-0.2, 0) is 22.3 Å². The van der Waals surface area contributed by atoms with E-state index < -0.39 is 10.8 Å². The summed E-state index contributed by atoms with van der Waals surface area (Å²) >= 11 is 0. The van der Waals surface area contributed by atoms with Crippen molar-refractivity contribution in [2.75, 3.05) is 5.73 Å². The van der Waals surface area contributed by atoms with E-state index >= 15 is 0 Å². The molecule has 0 bridgehead atoms. The minimum absolute atomic E-state index is 0.555. The van der Waals surface area contributed by atoms with Gasteiger partial charge in [0.05, 0.1) is 0 Å². The van der Waals surface area contributed by atoms with Crippen LogP contribution in [0.1, 0.15) is 16.7 Å². The van der Waals surface area contributed by atoms with Crippen molar-refractivity contribution in [1.82, 2.24) is 0 Å². The number of anilines is 1. The molecule has 2 nitrogen and oxygen atoms in total. The van der Waals surface area contributed by atoms with Crippen molar-refractivity contribution in [1.29, 1.82) is 0 Å². The molecule has 0 fully saturated rings. The van der Waals surface area contributed by atoms with Crippen LogP contribution in [0.2, 0.25) is 0 Å². The second-order valence-electron chi connectivity index (χ2n) is 4.46. The lowest BCUT2D eigenvalue weighted by Crippen LogP contribution is -2.00. The summed E-state index contributed by atoms with van der Waals surface area (Å²) < 4.78 is 12.1. The third-order valence-corrected chi connectivity index (χ3v) is 4.00. The van der Waals surface area contributed by atoms with E-state index in [1.165, 1.54) is 5.56 Å². The summed E-state index contributed by atoms with van der Waals surface area (Å²) in [4.78, 5) is 0. The van der Waals surface area contributed by atoms with Gasteiger partial charge in [-0.15, -0.1) is 0 Å². The number of nitrogen functional groups attached to an aromatic ring is 1. The summed E-state index contributed by atoms with van der Waals surface area (Å²) in [6.45, 7) is 2.05. The van der Waals surface area contributed by atoms with E-state index in [-0.39, 0.29) is 0 Å². The molecule has 94 valence electrons. The molecule has 0 spiro atoms. The molecular weight excluding hydrogens is 242 g/mol. The molecule has 0 radical (unpaired) electrons. The Morgan fingerprint density at radius 2 is 1.61 bits per heavy atom. The highest BCUT2D eigenvalue weighted by molar-refractivity contribution is 7.83. The summed E-state index contributed by atoms with van der Waals surface area (Å²) in [6, 6.07) is 15.7. The van der Waals surface area contributed by atoms with Crippen molar-refractivity contribution in [3.05, 3.63) is 65.2 Å². The topological polar surface area (TPSA) is 43.1 Å². The standard InChI is InChI=1S/C15H17NOS/c1-12-4-2-5-13(8-12)10-18(17)11-14-6-3-7-15(16)9-14/h2-9H,10-11,16H2,1H3. The maximum atomic E-state index is 12.1. The quantitative estimate of drug-likeness (QED) is 0.858. The van der Waals surface area contributed by atoms with Gasteiger partial charge in [0.1, 0.15) is 0 Å². The van der Waals surface area contributed by atoms with E-state index in [2.05, 4.69) is 6.07 Å². The molecular formula is C15H17NOS. The van der Waals surface area contributed by atoms with E-state index in [9.17, 15) is 4.21 Å². The average molecular weight is 259 g/mol. The third-order valence-electron chi connectivity index (χ3n) is 2.69. The van der Waals surface area contributed by atoms with Crippen molar-refractivity contribution in [3.8, 4) is 0 Å². The van der Waals surface area contributed by atoms with E-state index in [0.717, 1.165) is 16.8 Å². The number of rotatable bonds is 4. The predicted octanol–water partition coefficient (Wildman–Crippen LogP) is 3.03. The van der Waals surface area contributed by atoms with E-state index in [1.807, 2.05) is 49.4 Å². The van der Waals surface area contributed by atoms with Crippen LogP contribution in [0.15, 0.2) is 48.5 Å². The third kappa shape index (κ3) is 3.70. The highest BCUT2D eigenvalue weighted by Crippen LogP contribution is 2.12. The lowest BCUT2D eigenvalue weighted by molar-refractivity contribution is 0.682. The van der Waals surface area contributed by atoms with Crippen LogP contribution in [-0.4, -0.2) is 4.21 Å². The van der Waals surface area contributed by atoms with Gasteiger partial charge in [0, 0.05) is 28.0 Å². The average Bonchev–Trinajstić information content (AvgIpc) is 2.28. The maximum absolute atomic E-state index is 12.1. The lowest BCUT2D eigenvalue weighted by atomic mass is 10.2. The van der Waals surface area contributed by atoms with Gasteiger partial charge < -0.3 is 5.73 Å². The minimum Gasteiger partial charge on any atom is -0.399 e. The second kappa shape index (κ2) is 5.83. The molecule has 1 unspecified atom stereocenters. The van der Waals surface area contributed by atoms with Gasteiger partial charge in [-0.2, -0.15) is 0 Å². The van der Waals surface area contributed by atoms with Gasteiger partial charge in [-0.3, -0.25) is 4.21 Å². The summed E-state index contributed by atoms with van der Waals surface area (Å²) in [5.41, 5.74) is 9.78. The number of hydrogen-bond acceptors (Lipinski definition) is 2. The zero-order valence-corrected chi connectivity index (χ0v) is 11.2. The zero-order valence-electron chi connectivity index (χ0n) is 10.4. The highest BCUT2D eigenvalue weighted by atomic mass is 32.2. The molecule has 0 aromatic heterocycles. The fraction of sp³-hybridized carbons (Fsp3) is 0.200. The zero-order chi connectivity index (χ0) is 13.0. The molecule has 0 aliphatic heterocycles. The number of benzene rings is 2. The van der Waals surface area contributed by atoms with Crippen LogP contribution >= 0.6 is 0 Å². The van der Waals surface area contributed by atoms with E-state index in [4.69, 9.17) is 5.73 Å². The summed E-state index contributed by atoms with van der Waals surface area (Å²) in [7, 11) is -0.894. The Balaban J connectivity index is 2.01. The first-order valence-electron chi connectivity index (χ1n) is 5.88. The SMILES string of the molecule is Cc1cccc(CS(=O)Cc2cccc(N)c2)c1. The van der Waals surface area contributed by atoms with Crippen molar-refractivity contribution >= 4 is 16.5 Å². The van der Waals surface area contributed by atoms with Gasteiger partial charge in [-0.1, -0.05) is 42.0 Å². The van der Waals surface area contributed by atoms with Crippen LogP contribution in [0.4, 0.5) is 5.69 Å². The van der Waals surface area contributed by atoms with Crippen LogP contribution in [0.5, 0.6) is 0 Å². The highest BCUT2D eigenvalue weighted by Gasteiger charge is 2.04. The number of aryl methyl sites for hydroxylation is 1. The Hall–Kier alpha value is -1.61. The van der Waals surface area contributed by atoms with Crippen molar-refractivity contribution in [2.24, 2.45) is 0 Å². The monoisotopic (exact) mass is 259 g/mol. The number of hydrogen-bond donors (Lipinski definition) is 1. The molecule has 18 heavy (non-hydrogen) atoms. The molecule has 0 amide bonds. The molecule has 0 saturated carbocycles. The maximum Gasteiger partial charge on any atom is 0.0489 e. The molecule has 2 aromatic carbocycles. The smallest absolute Gasteiger partial charge is 0.0489 e. The Kier molecular flexibility index (Phi) is 4.15. The van der Waals surface area contributed by atoms with E-state index in [0.29, 0.717) is 11.5 Å². The van der Waals surface area contributed by atoms with Crippen LogP contribution in [0, 0.1) is 6.92 Å². The van der Waals surface area contributed by atoms with Gasteiger partial charge >= 0.3 is 0 Å². The van der Waals surface area contributed by atoms with Crippen molar-refractivity contribution < 1.29 is 4.21 Å². The van der Waals surface area contributed by atoms with Crippen molar-refractivity contribution in [2.45, 2.75) is 18.4 Å². The van der Waals surface area contributed by atoms with Crippen LogP contribution in [0.3, 0.4) is 0 Å². The first-order valence-corrected chi connectivity index (χ1v) is 7.37. The van der Waals surface area contributed by atoms with Crippen molar-refractivity contribution in [3.63, 3.8) is 0 Å². The normalized spacial score (nSPS) is 12.3. The Morgan fingerprint density at radius 3 is 2.22 bits per heavy atom. The van der Waals surface area contributed by atoms with Gasteiger partial charge in [-0.25, -0.2) is 0 Å². The predicted molar refractivity (Wildman–Crippen MR) is 77.6 cm³/mol. The first kappa shape index (κ1) is 12.8. The van der Waals surface area contributed by atoms with E-state index in [1.54, 1.807) is 0 Å². The molecule has 0 aliphatic carbocycles. The van der Waals surface area contributed by atoms with Gasteiger partial charge in [-0.05, 0) is 30.2 Å². The lowest BCUT2D eigenvalue weighted by Gasteiger charge is -2.04. The van der Waals surface area contributed by atoms with Gasteiger partial charge in [0.25, 0.3) is 0 Å². The Labute approximate surface area is 110 Å². The Morgan fingerprint density at radius 1 is 1.00 bits per heavy atom. The van der Waals surface area contributed by atoms with Gasteiger partial charge in [0.2, 0.25) is 0 Å². The summed E-state index contributed by atoms with van der Waals surface area (Å²) in [5.74, 6) is 1.15.